The fourth-order valence-electron chi connectivity index (χ4n) is 0.432. The molecule has 0 aromatic rings. The molecule has 0 N–H and O–H groups in total. The molecule has 0 aliphatic heterocycles. The van der Waals surface area contributed by atoms with E-state index < -0.39 is 0 Å². The van der Waals surface area contributed by atoms with E-state index in [9.17, 15) is 4.79 Å². The van der Waals surface area contributed by atoms with Crippen LogP contribution in [0, 0.1) is 0 Å². The molecule has 0 rings (SSSR count). The van der Waals surface area contributed by atoms with Gasteiger partial charge in [-0.1, -0.05) is 13.3 Å². The van der Waals surface area contributed by atoms with Gasteiger partial charge in [0.05, 0.1) is 6.61 Å². The van der Waals surface area contributed by atoms with Crippen LogP contribution in [0.1, 0.15) is 19.8 Å². The number of hydrogen-bond donors (Lipinski definition) is 0. The van der Waals surface area contributed by atoms with E-state index in [2.05, 4.69) is 6.92 Å². The van der Waals surface area contributed by atoms with Crippen molar-refractivity contribution in [2.24, 2.45) is 0 Å². The van der Waals surface area contributed by atoms with Gasteiger partial charge in [0.25, 0.3) is 5.97 Å². The highest BCUT2D eigenvalue weighted by Gasteiger charge is 1.94. The Balaban J connectivity index is 2.97. The maximum atomic E-state index is 10.5. The first-order valence-corrected chi connectivity index (χ1v) is 3.46. The predicted octanol–water partition coefficient (Wildman–Crippen LogP) is 0.381. The highest BCUT2D eigenvalue weighted by atomic mass is 16.5. The van der Waals surface area contributed by atoms with Crippen LogP contribution in [0.2, 0.25) is 6.32 Å². The van der Waals surface area contributed by atoms with E-state index in [1.54, 1.807) is 7.85 Å². The molecule has 52 valence electrons. The molecule has 0 aromatic carbocycles. The van der Waals surface area contributed by atoms with Crippen LogP contribution in [-0.4, -0.2) is 20.4 Å². The Morgan fingerprint density at radius 2 is 2.33 bits per heavy atom. The zero-order valence-corrected chi connectivity index (χ0v) is 6.14. The molecule has 0 atom stereocenters. The number of rotatable bonds is 4. The fourth-order valence-corrected chi connectivity index (χ4v) is 0.432. The van der Waals surface area contributed by atoms with Gasteiger partial charge in [-0.3, -0.25) is 4.79 Å². The Morgan fingerprint density at radius 1 is 1.67 bits per heavy atom. The van der Waals surface area contributed by atoms with E-state index in [-0.39, 0.29) is 5.97 Å². The Hall–Kier alpha value is -0.465. The van der Waals surface area contributed by atoms with Crippen molar-refractivity contribution in [3.63, 3.8) is 0 Å². The molecule has 0 fully saturated rings. The van der Waals surface area contributed by atoms with Crippen LogP contribution in [0.3, 0.4) is 0 Å². The van der Waals surface area contributed by atoms with Crippen molar-refractivity contribution in [3.05, 3.63) is 0 Å². The smallest absolute Gasteiger partial charge is 0.297 e. The van der Waals surface area contributed by atoms with Crippen LogP contribution < -0.4 is 0 Å². The summed E-state index contributed by atoms with van der Waals surface area (Å²) in [5, 5.41) is 0. The first kappa shape index (κ1) is 8.53. The molecule has 3 heteroatoms. The van der Waals surface area contributed by atoms with Gasteiger partial charge in [0.15, 0.2) is 0 Å². The third-order valence-corrected chi connectivity index (χ3v) is 1.05. The van der Waals surface area contributed by atoms with Crippen molar-refractivity contribution in [1.29, 1.82) is 0 Å². The molecule has 0 bridgehead atoms. The van der Waals surface area contributed by atoms with Gasteiger partial charge in [0, 0.05) is 6.32 Å². The standard InChI is InChI=1S/C6H13BO2/c1-2-3-4-9-6(8)5-7/h2-5,7H2,1H3. The monoisotopic (exact) mass is 128 g/mol. The van der Waals surface area contributed by atoms with Crippen LogP contribution in [0.5, 0.6) is 0 Å². The van der Waals surface area contributed by atoms with Crippen molar-refractivity contribution >= 4 is 13.8 Å². The normalized spacial score (nSPS) is 9.00. The Bertz CT molecular complexity index is 83.1. The van der Waals surface area contributed by atoms with Crippen molar-refractivity contribution in [2.45, 2.75) is 26.1 Å². The molecule has 2 nitrogen and oxygen atoms in total. The van der Waals surface area contributed by atoms with Gasteiger partial charge < -0.3 is 4.74 Å². The van der Waals surface area contributed by atoms with Gasteiger partial charge in [-0.25, -0.2) is 0 Å². The summed E-state index contributed by atoms with van der Waals surface area (Å²) in [5.41, 5.74) is 0. The second kappa shape index (κ2) is 5.67. The van der Waals surface area contributed by atoms with Gasteiger partial charge in [-0.2, -0.15) is 0 Å². The van der Waals surface area contributed by atoms with Gasteiger partial charge in [-0.05, 0) is 6.42 Å². The predicted molar refractivity (Wildman–Crippen MR) is 39.2 cm³/mol. The maximum Gasteiger partial charge on any atom is 0.297 e. The van der Waals surface area contributed by atoms with E-state index in [0.29, 0.717) is 12.9 Å². The minimum absolute atomic E-state index is 0.0940. The molecule has 0 unspecified atom stereocenters. The zero-order chi connectivity index (χ0) is 7.11. The average Bonchev–Trinajstić information content (AvgIpc) is 1.89. The van der Waals surface area contributed by atoms with Gasteiger partial charge in [-0.15, -0.1) is 0 Å². The molecule has 0 spiro atoms. The van der Waals surface area contributed by atoms with Crippen molar-refractivity contribution in [3.8, 4) is 0 Å². The Labute approximate surface area is 57.0 Å². The van der Waals surface area contributed by atoms with Crippen molar-refractivity contribution in [2.75, 3.05) is 6.61 Å². The van der Waals surface area contributed by atoms with E-state index in [4.69, 9.17) is 4.74 Å². The quantitative estimate of drug-likeness (QED) is 0.311. The summed E-state index contributed by atoms with van der Waals surface area (Å²) < 4.78 is 4.79. The SMILES string of the molecule is BCC(=O)OCCCC. The number of carbonyl (C=O) groups excluding carboxylic acids is 1. The molecule has 0 aliphatic carbocycles. The van der Waals surface area contributed by atoms with Gasteiger partial charge in [0.2, 0.25) is 0 Å². The summed E-state index contributed by atoms with van der Waals surface area (Å²) in [6, 6.07) is 0. The lowest BCUT2D eigenvalue weighted by atomic mass is 10.1. The lowest BCUT2D eigenvalue weighted by Gasteiger charge is -1.99. The molecule has 0 radical (unpaired) electrons. The van der Waals surface area contributed by atoms with E-state index in [1.165, 1.54) is 0 Å². The number of hydrogen-bond acceptors (Lipinski definition) is 2. The van der Waals surface area contributed by atoms with Crippen LogP contribution in [0.25, 0.3) is 0 Å². The number of esters is 1. The lowest BCUT2D eigenvalue weighted by molar-refractivity contribution is -0.140. The van der Waals surface area contributed by atoms with Gasteiger partial charge >= 0.3 is 0 Å². The summed E-state index contributed by atoms with van der Waals surface area (Å²) in [4.78, 5) is 10.5. The van der Waals surface area contributed by atoms with Crippen LogP contribution in [-0.2, 0) is 9.53 Å². The van der Waals surface area contributed by atoms with Gasteiger partial charge in [0.1, 0.15) is 7.85 Å². The summed E-state index contributed by atoms with van der Waals surface area (Å²) in [5.74, 6) is -0.0940. The highest BCUT2D eigenvalue weighted by Crippen LogP contribution is 1.89. The average molecular weight is 128 g/mol. The lowest BCUT2D eigenvalue weighted by Crippen LogP contribution is -2.03. The van der Waals surface area contributed by atoms with Crippen LogP contribution >= 0.6 is 0 Å². The molecule has 9 heavy (non-hydrogen) atoms. The maximum absolute atomic E-state index is 10.5. The molecule has 0 heterocycles. The number of carbonyl (C=O) groups is 1. The summed E-state index contributed by atoms with van der Waals surface area (Å²) >= 11 is 0. The molecule has 0 amide bonds. The largest absolute Gasteiger partial charge is 0.466 e. The first-order valence-electron chi connectivity index (χ1n) is 3.46. The fraction of sp³-hybridized carbons (Fsp3) is 0.833. The summed E-state index contributed by atoms with van der Waals surface area (Å²) in [6.07, 6.45) is 2.55. The molecule has 0 aromatic heterocycles. The summed E-state index contributed by atoms with van der Waals surface area (Å²) in [6.45, 7) is 2.66. The molecule has 0 saturated heterocycles. The number of ether oxygens (including phenoxy) is 1. The van der Waals surface area contributed by atoms with Crippen LogP contribution in [0.4, 0.5) is 0 Å². The van der Waals surface area contributed by atoms with Crippen molar-refractivity contribution < 1.29 is 9.53 Å². The van der Waals surface area contributed by atoms with Crippen molar-refractivity contribution in [1.82, 2.24) is 0 Å². The third kappa shape index (κ3) is 5.41. The van der Waals surface area contributed by atoms with E-state index >= 15 is 0 Å². The second-order valence-electron chi connectivity index (χ2n) is 1.93. The minimum atomic E-state index is -0.0940. The van der Waals surface area contributed by atoms with Crippen LogP contribution in [0.15, 0.2) is 0 Å². The third-order valence-electron chi connectivity index (χ3n) is 1.05. The molecule has 0 aliphatic rings. The Kier molecular flexibility index (Phi) is 5.37. The zero-order valence-electron chi connectivity index (χ0n) is 6.14. The summed E-state index contributed by atoms with van der Waals surface area (Å²) in [7, 11) is 1.80. The molecular weight excluding hydrogens is 115 g/mol. The second-order valence-corrected chi connectivity index (χ2v) is 1.93. The number of unbranched alkanes of at least 4 members (excludes halogenated alkanes) is 1. The molecule has 0 saturated carbocycles. The minimum Gasteiger partial charge on any atom is -0.466 e. The molecular formula is C6H13BO2. The topological polar surface area (TPSA) is 26.3 Å². The first-order chi connectivity index (χ1) is 4.31. The highest BCUT2D eigenvalue weighted by molar-refractivity contribution is 6.18. The Morgan fingerprint density at radius 3 is 2.78 bits per heavy atom. The van der Waals surface area contributed by atoms with E-state index in [0.717, 1.165) is 12.8 Å². The van der Waals surface area contributed by atoms with E-state index in [1.807, 2.05) is 0 Å².